The van der Waals surface area contributed by atoms with Crippen molar-refractivity contribution in [2.45, 2.75) is 102 Å². The van der Waals surface area contributed by atoms with Gasteiger partial charge in [-0.15, -0.1) is 0 Å². The molecule has 4 fully saturated rings. The fraction of sp³-hybridized carbons (Fsp3) is 0.692. The molecule has 2 nitrogen and oxygen atoms in total. The summed E-state index contributed by atoms with van der Waals surface area (Å²) in [5, 5.41) is 0. The molecule has 3 unspecified atom stereocenters. The fourth-order valence-corrected chi connectivity index (χ4v) is 5.71. The van der Waals surface area contributed by atoms with Gasteiger partial charge in [0.25, 0.3) is 0 Å². The second-order valence-electron chi connectivity index (χ2n) is 10.0. The summed E-state index contributed by atoms with van der Waals surface area (Å²) in [6.07, 6.45) is 20.2. The number of fused-ring (bicyclic) bond motifs is 2. The third kappa shape index (κ3) is 7.75. The van der Waals surface area contributed by atoms with E-state index in [1.807, 2.05) is 0 Å². The Balaban J connectivity index is 0.000000225. The Bertz CT molecular complexity index is 595. The molecule has 0 saturated heterocycles. The zero-order chi connectivity index (χ0) is 19.9. The van der Waals surface area contributed by atoms with Crippen LogP contribution in [0.25, 0.3) is 0 Å². The molecule has 4 aliphatic rings. The summed E-state index contributed by atoms with van der Waals surface area (Å²) in [5.41, 5.74) is 7.27. The Morgan fingerprint density at radius 3 is 2.17 bits per heavy atom. The molecule has 1 aromatic carbocycles. The van der Waals surface area contributed by atoms with Crippen molar-refractivity contribution >= 4 is 6.29 Å². The van der Waals surface area contributed by atoms with Gasteiger partial charge < -0.3 is 16.9 Å². The van der Waals surface area contributed by atoms with Gasteiger partial charge in [0.1, 0.15) is 6.29 Å². The maximum Gasteiger partial charge on any atom is 0.125 e. The first-order valence-corrected chi connectivity index (χ1v) is 11.6. The summed E-state index contributed by atoms with van der Waals surface area (Å²) in [6.45, 7) is 2.16. The van der Waals surface area contributed by atoms with E-state index in [0.717, 1.165) is 18.8 Å². The largest absolute Gasteiger partial charge is 0.333 e. The molecule has 158 valence electrons. The summed E-state index contributed by atoms with van der Waals surface area (Å²) in [5.74, 6) is 0.753. The van der Waals surface area contributed by atoms with Crippen molar-refractivity contribution in [2.24, 2.45) is 17.1 Å². The molecule has 0 radical (unpaired) electrons. The molecule has 0 amide bonds. The Morgan fingerprint density at radius 2 is 1.66 bits per heavy atom. The number of hydrogen-bond acceptors (Lipinski definition) is 2. The number of aldehydes is 1. The van der Waals surface area contributed by atoms with Crippen LogP contribution in [-0.2, 0) is 37.5 Å². The van der Waals surface area contributed by atoms with E-state index < -0.39 is 0 Å². The molecule has 29 heavy (non-hydrogen) atoms. The van der Waals surface area contributed by atoms with Crippen molar-refractivity contribution < 1.29 is 32.1 Å². The van der Waals surface area contributed by atoms with E-state index >= 15 is 0 Å². The Morgan fingerprint density at radius 1 is 1.00 bits per heavy atom. The van der Waals surface area contributed by atoms with Crippen molar-refractivity contribution in [3.05, 3.63) is 42.3 Å². The van der Waals surface area contributed by atoms with Crippen LogP contribution in [0.1, 0.15) is 96.0 Å². The smallest absolute Gasteiger partial charge is 0.125 e. The minimum atomic E-state index is -0.0980. The summed E-state index contributed by atoms with van der Waals surface area (Å²) in [4.78, 5) is 11.5. The molecule has 2 N–H and O–H groups in total. The number of nitrogens with two attached hydrogens (primary N) is 1. The van der Waals surface area contributed by atoms with E-state index in [1.54, 1.807) is 0 Å². The fourth-order valence-electron chi connectivity index (χ4n) is 5.71. The summed E-state index contributed by atoms with van der Waals surface area (Å²) in [6, 6.07) is 11.4. The maximum absolute atomic E-state index is 11.5. The van der Waals surface area contributed by atoms with Crippen LogP contribution in [0.15, 0.2) is 30.3 Å². The molecular weight excluding hydrogens is 455 g/mol. The van der Waals surface area contributed by atoms with Gasteiger partial charge in [-0.1, -0.05) is 69.4 Å². The van der Waals surface area contributed by atoms with E-state index in [-0.39, 0.29) is 38.1 Å². The van der Waals surface area contributed by atoms with Gasteiger partial charge in [0.2, 0.25) is 0 Å². The van der Waals surface area contributed by atoms with Gasteiger partial charge in [0.05, 0.1) is 0 Å². The zero-order valence-corrected chi connectivity index (χ0v) is 22.6. The number of carbonyl (C=O) groups excluding carboxylic acids is 1. The van der Waals surface area contributed by atoms with E-state index in [1.165, 1.54) is 82.5 Å². The van der Waals surface area contributed by atoms with Crippen LogP contribution in [0.2, 0.25) is 0 Å². The molecule has 4 aliphatic carbocycles. The summed E-state index contributed by atoms with van der Waals surface area (Å²) >= 11 is 0. The van der Waals surface area contributed by atoms with Gasteiger partial charge >= 0.3 is 0 Å². The van der Waals surface area contributed by atoms with Gasteiger partial charge in [0, 0.05) is 38.8 Å². The molecular formula is C26H40CdNO-. The van der Waals surface area contributed by atoms with E-state index in [0.29, 0.717) is 6.04 Å². The van der Waals surface area contributed by atoms with Crippen molar-refractivity contribution in [2.75, 3.05) is 0 Å². The van der Waals surface area contributed by atoms with E-state index in [4.69, 9.17) is 5.73 Å². The van der Waals surface area contributed by atoms with Gasteiger partial charge in [-0.05, 0) is 55.4 Å². The molecule has 0 spiro atoms. The van der Waals surface area contributed by atoms with Crippen molar-refractivity contribution in [1.82, 2.24) is 0 Å². The third-order valence-corrected chi connectivity index (χ3v) is 7.05. The number of benzene rings is 1. The number of carbonyl (C=O) groups is 1. The van der Waals surface area contributed by atoms with Crippen LogP contribution >= 0.6 is 0 Å². The van der Waals surface area contributed by atoms with Crippen molar-refractivity contribution in [3.63, 3.8) is 0 Å². The van der Waals surface area contributed by atoms with E-state index in [2.05, 4.69) is 43.7 Å². The minimum absolute atomic E-state index is 0. The predicted octanol–water partition coefficient (Wildman–Crippen LogP) is 6.37. The molecule has 0 heterocycles. The predicted molar refractivity (Wildman–Crippen MR) is 118 cm³/mol. The van der Waals surface area contributed by atoms with Crippen LogP contribution in [-0.4, -0.2) is 12.3 Å². The van der Waals surface area contributed by atoms with Crippen LogP contribution < -0.4 is 5.73 Å². The monoisotopic (exact) mass is 496 g/mol. The van der Waals surface area contributed by atoms with Crippen molar-refractivity contribution in [1.29, 1.82) is 0 Å². The van der Waals surface area contributed by atoms with Crippen LogP contribution in [0, 0.1) is 17.8 Å². The van der Waals surface area contributed by atoms with Gasteiger partial charge in [-0.25, -0.2) is 12.8 Å². The molecule has 4 saturated carbocycles. The maximum atomic E-state index is 11.5. The van der Waals surface area contributed by atoms with Crippen LogP contribution in [0.5, 0.6) is 0 Å². The molecule has 3 atom stereocenters. The first-order chi connectivity index (χ1) is 13.6. The standard InChI is InChI=1S/C17H22O.C6H13N.C3H5.Cd/c1-16(13-18)10-14-6-5-9-17(11-14,12-16)15-7-3-2-4-8-15;7-6-4-2-1-3-5-6;1-2-3-1;/h2-4,7-8,13-14H,5-6,9-12H2,1H3;6H,1-5,7H2;1H,2-3H2;/q;;-1;. The molecule has 1 aromatic rings. The molecule has 5 rings (SSSR count). The summed E-state index contributed by atoms with van der Waals surface area (Å²) in [7, 11) is 0. The number of rotatable bonds is 2. The minimum Gasteiger partial charge on any atom is -0.333 e. The SMILES string of the molecule is CC1(C=O)CC2CCCC(c3ccccc3)(C2)C1.NC1CCCCC1.[CH-]1CC1.[Cd]. The van der Waals surface area contributed by atoms with Crippen molar-refractivity contribution in [3.8, 4) is 0 Å². The third-order valence-electron chi connectivity index (χ3n) is 7.05. The first-order valence-electron chi connectivity index (χ1n) is 11.6. The van der Waals surface area contributed by atoms with Gasteiger partial charge in [-0.3, -0.25) is 0 Å². The van der Waals surface area contributed by atoms with Gasteiger partial charge in [0.15, 0.2) is 0 Å². The Hall–Kier alpha value is -0.228. The van der Waals surface area contributed by atoms with E-state index in [9.17, 15) is 4.79 Å². The molecule has 2 bridgehead atoms. The van der Waals surface area contributed by atoms with Crippen LogP contribution in [0.3, 0.4) is 0 Å². The second-order valence-corrected chi connectivity index (χ2v) is 10.0. The number of hydrogen-bond donors (Lipinski definition) is 1. The summed E-state index contributed by atoms with van der Waals surface area (Å²) < 4.78 is 0. The quantitative estimate of drug-likeness (QED) is 0.295. The Kier molecular flexibility index (Phi) is 10.3. The normalized spacial score (nSPS) is 33.0. The average molecular weight is 495 g/mol. The zero-order valence-electron chi connectivity index (χ0n) is 18.6. The topological polar surface area (TPSA) is 43.1 Å². The average Bonchev–Trinajstić information content (AvgIpc) is 3.59. The first kappa shape index (κ1) is 25.0. The second kappa shape index (κ2) is 12.0. The Labute approximate surface area is 199 Å². The van der Waals surface area contributed by atoms with Gasteiger partial charge in [-0.2, -0.15) is 0 Å². The molecule has 0 aromatic heterocycles. The molecule has 0 aliphatic heterocycles. The van der Waals surface area contributed by atoms with Crippen LogP contribution in [0.4, 0.5) is 0 Å². The molecule has 3 heteroatoms.